The average molecular weight is 362 g/mol. The molecule has 0 aliphatic carbocycles. The van der Waals surface area contributed by atoms with Crippen LogP contribution in [-0.2, 0) is 9.53 Å². The smallest absolute Gasteiger partial charge is 0.350 e. The van der Waals surface area contributed by atoms with Crippen molar-refractivity contribution in [3.05, 3.63) is 34.8 Å². The van der Waals surface area contributed by atoms with Gasteiger partial charge >= 0.3 is 5.97 Å². The molecule has 1 N–H and O–H groups in total. The van der Waals surface area contributed by atoms with Gasteiger partial charge in [-0.1, -0.05) is 23.5 Å². The van der Waals surface area contributed by atoms with Gasteiger partial charge in [-0.25, -0.2) is 9.78 Å². The third-order valence-electron chi connectivity index (χ3n) is 3.59. The first-order valence-electron chi connectivity index (χ1n) is 7.87. The Morgan fingerprint density at radius 1 is 1.28 bits per heavy atom. The van der Waals surface area contributed by atoms with Gasteiger partial charge in [-0.3, -0.25) is 10.1 Å². The topological polar surface area (TPSA) is 86.8 Å². The van der Waals surface area contributed by atoms with Gasteiger partial charge in [0.05, 0.1) is 12.3 Å². The van der Waals surface area contributed by atoms with Gasteiger partial charge in [0.1, 0.15) is 11.0 Å². The lowest BCUT2D eigenvalue weighted by Crippen LogP contribution is -2.46. The molecule has 3 rings (SSSR count). The van der Waals surface area contributed by atoms with E-state index in [9.17, 15) is 9.59 Å². The van der Waals surface area contributed by atoms with Gasteiger partial charge in [0.25, 0.3) is 5.91 Å². The van der Waals surface area contributed by atoms with Crippen molar-refractivity contribution in [2.24, 2.45) is 0 Å². The summed E-state index contributed by atoms with van der Waals surface area (Å²) in [6, 6.07) is 7.18. The number of nitrogens with zero attached hydrogens (tertiary/aromatic N) is 1. The molecule has 1 amide bonds. The van der Waals surface area contributed by atoms with E-state index in [1.807, 2.05) is 12.1 Å². The molecular formula is C17H18N2O5S. The highest BCUT2D eigenvalue weighted by Crippen LogP contribution is 2.34. The van der Waals surface area contributed by atoms with Gasteiger partial charge in [0, 0.05) is 0 Å². The van der Waals surface area contributed by atoms with Crippen LogP contribution in [0.3, 0.4) is 0 Å². The van der Waals surface area contributed by atoms with Crippen LogP contribution in [0.25, 0.3) is 0 Å². The molecular weight excluding hydrogens is 344 g/mol. The van der Waals surface area contributed by atoms with Gasteiger partial charge < -0.3 is 14.2 Å². The average Bonchev–Trinajstić information content (AvgIpc) is 2.94. The van der Waals surface area contributed by atoms with Gasteiger partial charge in [0.2, 0.25) is 6.10 Å². The zero-order valence-electron chi connectivity index (χ0n) is 14.1. The number of para-hydroxylation sites is 2. The molecule has 1 aromatic carbocycles. The molecule has 0 fully saturated rings. The van der Waals surface area contributed by atoms with Crippen molar-refractivity contribution in [3.8, 4) is 11.5 Å². The van der Waals surface area contributed by atoms with Crippen molar-refractivity contribution >= 4 is 28.3 Å². The monoisotopic (exact) mass is 362 g/mol. The summed E-state index contributed by atoms with van der Waals surface area (Å²) in [7, 11) is 0. The number of nitrogens with one attached hydrogen (secondary N) is 1. The van der Waals surface area contributed by atoms with E-state index in [2.05, 4.69) is 10.3 Å². The predicted octanol–water partition coefficient (Wildman–Crippen LogP) is 2.80. The molecule has 2 aromatic rings. The number of rotatable bonds is 4. The zero-order chi connectivity index (χ0) is 18.0. The van der Waals surface area contributed by atoms with Crippen molar-refractivity contribution in [1.29, 1.82) is 0 Å². The Balaban J connectivity index is 1.73. The van der Waals surface area contributed by atoms with E-state index in [4.69, 9.17) is 14.2 Å². The number of aromatic nitrogens is 1. The first kappa shape index (κ1) is 17.2. The lowest BCUT2D eigenvalue weighted by Gasteiger charge is -2.30. The number of carbonyl (C=O) groups is 2. The number of thiazole rings is 1. The Bertz CT molecular complexity index is 804. The number of carbonyl (C=O) groups excluding carboxylic acids is 2. The minimum Gasteiger partial charge on any atom is -0.482 e. The van der Waals surface area contributed by atoms with Crippen molar-refractivity contribution in [3.63, 3.8) is 0 Å². The Morgan fingerprint density at radius 2 is 1.96 bits per heavy atom. The quantitative estimate of drug-likeness (QED) is 0.842. The summed E-state index contributed by atoms with van der Waals surface area (Å²) in [5.74, 6) is 0.292. The number of ether oxygens (including phenoxy) is 3. The number of aryl methyl sites for hydroxylation is 1. The van der Waals surface area contributed by atoms with Crippen molar-refractivity contribution < 1.29 is 23.8 Å². The van der Waals surface area contributed by atoms with Crippen LogP contribution >= 0.6 is 11.3 Å². The molecule has 0 bridgehead atoms. The number of anilines is 1. The van der Waals surface area contributed by atoms with E-state index in [0.29, 0.717) is 27.2 Å². The summed E-state index contributed by atoms with van der Waals surface area (Å²) < 4.78 is 16.4. The van der Waals surface area contributed by atoms with E-state index >= 15 is 0 Å². The molecule has 2 heterocycles. The summed E-state index contributed by atoms with van der Waals surface area (Å²) >= 11 is 1.07. The van der Waals surface area contributed by atoms with Crippen molar-refractivity contribution in [1.82, 2.24) is 4.98 Å². The minimum absolute atomic E-state index is 0.280. The molecule has 0 saturated carbocycles. The molecule has 1 aliphatic heterocycles. The summed E-state index contributed by atoms with van der Waals surface area (Å²) in [4.78, 5) is 29.0. The maximum absolute atomic E-state index is 12.5. The maximum Gasteiger partial charge on any atom is 0.350 e. The SMILES string of the molecule is CCOC(=O)c1sc(NC(=O)[C@@H]2Oc3ccccc3O[C@@H]2C)nc1C. The highest BCUT2D eigenvalue weighted by molar-refractivity contribution is 7.17. The van der Waals surface area contributed by atoms with Crippen LogP contribution in [0.4, 0.5) is 5.13 Å². The molecule has 25 heavy (non-hydrogen) atoms. The number of amides is 1. The highest BCUT2D eigenvalue weighted by atomic mass is 32.1. The molecule has 1 aliphatic rings. The van der Waals surface area contributed by atoms with Crippen molar-refractivity contribution in [2.75, 3.05) is 11.9 Å². The first-order valence-corrected chi connectivity index (χ1v) is 8.69. The third-order valence-corrected chi connectivity index (χ3v) is 4.64. The van der Waals surface area contributed by atoms with Crippen molar-refractivity contribution in [2.45, 2.75) is 33.0 Å². The van der Waals surface area contributed by atoms with Gasteiger partial charge in [-0.15, -0.1) is 0 Å². The lowest BCUT2D eigenvalue weighted by atomic mass is 10.1. The van der Waals surface area contributed by atoms with Crippen LogP contribution in [0, 0.1) is 6.92 Å². The van der Waals surface area contributed by atoms with Crippen LogP contribution in [-0.4, -0.2) is 35.7 Å². The molecule has 0 saturated heterocycles. The summed E-state index contributed by atoms with van der Waals surface area (Å²) in [5, 5.41) is 3.01. The van der Waals surface area contributed by atoms with Crippen LogP contribution in [0.2, 0.25) is 0 Å². The number of fused-ring (bicyclic) bond motifs is 1. The zero-order valence-corrected chi connectivity index (χ0v) is 14.9. The van der Waals surface area contributed by atoms with E-state index in [0.717, 1.165) is 11.3 Å². The largest absolute Gasteiger partial charge is 0.482 e. The van der Waals surface area contributed by atoms with Crippen LogP contribution in [0.1, 0.15) is 29.2 Å². The van der Waals surface area contributed by atoms with Gasteiger partial charge in [0.15, 0.2) is 16.6 Å². The Morgan fingerprint density at radius 3 is 2.64 bits per heavy atom. The second kappa shape index (κ2) is 7.10. The van der Waals surface area contributed by atoms with Gasteiger partial charge in [-0.2, -0.15) is 0 Å². The molecule has 2 atom stereocenters. The fourth-order valence-electron chi connectivity index (χ4n) is 2.42. The normalized spacial score (nSPS) is 18.5. The van der Waals surface area contributed by atoms with Crippen LogP contribution in [0.5, 0.6) is 11.5 Å². The third kappa shape index (κ3) is 3.58. The number of hydrogen-bond acceptors (Lipinski definition) is 7. The van der Waals surface area contributed by atoms with E-state index in [1.54, 1.807) is 32.9 Å². The molecule has 1 aromatic heterocycles. The Labute approximate surface area is 148 Å². The summed E-state index contributed by atoms with van der Waals surface area (Å²) in [6.45, 7) is 5.47. The first-order chi connectivity index (χ1) is 12.0. The lowest BCUT2D eigenvalue weighted by molar-refractivity contribution is -0.128. The minimum atomic E-state index is -0.815. The van der Waals surface area contributed by atoms with Crippen LogP contribution in [0.15, 0.2) is 24.3 Å². The van der Waals surface area contributed by atoms with Gasteiger partial charge in [-0.05, 0) is 32.9 Å². The molecule has 8 heteroatoms. The number of hydrogen-bond donors (Lipinski definition) is 1. The van der Waals surface area contributed by atoms with Crippen LogP contribution < -0.4 is 14.8 Å². The van der Waals surface area contributed by atoms with E-state index in [-0.39, 0.29) is 12.5 Å². The summed E-state index contributed by atoms with van der Waals surface area (Å²) in [5.41, 5.74) is 0.512. The fraction of sp³-hybridized carbons (Fsp3) is 0.353. The van der Waals surface area contributed by atoms with E-state index < -0.39 is 18.2 Å². The number of esters is 1. The molecule has 7 nitrogen and oxygen atoms in total. The molecule has 132 valence electrons. The second-order valence-corrected chi connectivity index (χ2v) is 6.45. The summed E-state index contributed by atoms with van der Waals surface area (Å²) in [6.07, 6.45) is -1.27. The highest BCUT2D eigenvalue weighted by Gasteiger charge is 2.34. The second-order valence-electron chi connectivity index (χ2n) is 5.45. The fourth-order valence-corrected chi connectivity index (χ4v) is 3.28. The van der Waals surface area contributed by atoms with E-state index in [1.165, 1.54) is 0 Å². The molecule has 0 radical (unpaired) electrons. The molecule has 0 unspecified atom stereocenters. The standard InChI is InChI=1S/C17H18N2O5S/c1-4-22-16(21)14-9(2)18-17(25-14)19-15(20)13-10(3)23-11-7-5-6-8-12(11)24-13/h5-8,10,13H,4H2,1-3H3,(H,18,19,20)/t10-,13-/m1/s1. The maximum atomic E-state index is 12.5. The Kier molecular flexibility index (Phi) is 4.89. The number of benzene rings is 1. The Hall–Kier alpha value is -2.61. The predicted molar refractivity (Wildman–Crippen MR) is 92.4 cm³/mol. The molecule has 0 spiro atoms.